The minimum absolute atomic E-state index is 0.0834. The van der Waals surface area contributed by atoms with E-state index in [9.17, 15) is 10.1 Å². The molecule has 104 valence electrons. The fourth-order valence-corrected chi connectivity index (χ4v) is 5.27. The Morgan fingerprint density at radius 3 is 2.30 bits per heavy atom. The van der Waals surface area contributed by atoms with Gasteiger partial charge in [-0.25, -0.2) is 4.79 Å². The molecule has 0 spiro atoms. The van der Waals surface area contributed by atoms with Gasteiger partial charge in [0.2, 0.25) is 0 Å². The first-order valence-electron chi connectivity index (χ1n) is 7.45. The molecule has 1 aromatic rings. The van der Waals surface area contributed by atoms with Gasteiger partial charge < -0.3 is 10.7 Å². The summed E-state index contributed by atoms with van der Waals surface area (Å²) < 4.78 is 0. The summed E-state index contributed by atoms with van der Waals surface area (Å²) in [5, 5.41) is 9.35. The Kier molecular flexibility index (Phi) is 2.44. The van der Waals surface area contributed by atoms with Crippen molar-refractivity contribution in [2.24, 2.45) is 23.7 Å². The Bertz CT molecular complexity index is 629. The van der Waals surface area contributed by atoms with Crippen LogP contribution < -0.4 is 11.4 Å². The van der Waals surface area contributed by atoms with Gasteiger partial charge in [0.05, 0.1) is 0 Å². The Balaban J connectivity index is 1.82. The van der Waals surface area contributed by atoms with Crippen LogP contribution in [0.3, 0.4) is 0 Å². The highest BCUT2D eigenvalue weighted by Crippen LogP contribution is 2.59. The van der Waals surface area contributed by atoms with Gasteiger partial charge in [-0.1, -0.05) is 0 Å². The van der Waals surface area contributed by atoms with Crippen molar-refractivity contribution in [3.05, 3.63) is 21.7 Å². The number of aromatic nitrogens is 2. The van der Waals surface area contributed by atoms with Crippen molar-refractivity contribution < 1.29 is 0 Å². The van der Waals surface area contributed by atoms with E-state index in [1.54, 1.807) is 0 Å². The summed E-state index contributed by atoms with van der Waals surface area (Å²) in [5.41, 5.74) is 6.50. The second-order valence-corrected chi connectivity index (χ2v) is 6.78. The molecule has 3 N–H and O–H groups in total. The van der Waals surface area contributed by atoms with E-state index in [1.165, 1.54) is 32.1 Å². The summed E-state index contributed by atoms with van der Waals surface area (Å²) in [4.78, 5) is 18.1. The van der Waals surface area contributed by atoms with Crippen LogP contribution in [0.1, 0.15) is 49.3 Å². The molecule has 5 nitrogen and oxygen atoms in total. The van der Waals surface area contributed by atoms with Crippen molar-refractivity contribution in [3.63, 3.8) is 0 Å². The van der Waals surface area contributed by atoms with Gasteiger partial charge in [-0.2, -0.15) is 10.2 Å². The Morgan fingerprint density at radius 2 is 1.75 bits per heavy atom. The fourth-order valence-electron chi connectivity index (χ4n) is 5.27. The van der Waals surface area contributed by atoms with E-state index in [2.05, 4.69) is 16.0 Å². The van der Waals surface area contributed by atoms with E-state index in [-0.39, 0.29) is 5.82 Å². The van der Waals surface area contributed by atoms with Gasteiger partial charge in [0, 0.05) is 11.6 Å². The molecule has 0 unspecified atom stereocenters. The summed E-state index contributed by atoms with van der Waals surface area (Å²) in [6.07, 6.45) is 6.36. The normalized spacial score (nSPS) is 37.9. The summed E-state index contributed by atoms with van der Waals surface area (Å²) >= 11 is 0. The number of hydrogen-bond acceptors (Lipinski definition) is 4. The number of anilines is 1. The number of rotatable bonds is 1. The molecular weight excluding hydrogens is 252 g/mol. The minimum Gasteiger partial charge on any atom is -0.382 e. The first-order valence-corrected chi connectivity index (χ1v) is 7.45. The van der Waals surface area contributed by atoms with Gasteiger partial charge in [-0.05, 0) is 55.8 Å². The third kappa shape index (κ3) is 1.60. The molecule has 4 aliphatic rings. The molecule has 1 aromatic heterocycles. The molecule has 0 atom stereocenters. The van der Waals surface area contributed by atoms with Gasteiger partial charge in [-0.3, -0.25) is 0 Å². The lowest BCUT2D eigenvalue weighted by Gasteiger charge is -2.54. The van der Waals surface area contributed by atoms with Gasteiger partial charge in [0.1, 0.15) is 17.5 Å². The Labute approximate surface area is 117 Å². The van der Waals surface area contributed by atoms with E-state index in [0.29, 0.717) is 23.3 Å². The highest BCUT2D eigenvalue weighted by Gasteiger charge is 2.49. The first-order chi connectivity index (χ1) is 9.65. The lowest BCUT2D eigenvalue weighted by molar-refractivity contribution is -0.00433. The molecule has 0 amide bonds. The zero-order chi connectivity index (χ0) is 13.9. The predicted octanol–water partition coefficient (Wildman–Crippen LogP) is 1.76. The highest BCUT2D eigenvalue weighted by atomic mass is 16.1. The number of nitrogens with one attached hydrogen (secondary N) is 1. The molecule has 5 rings (SSSR count). The maximum absolute atomic E-state index is 11.7. The van der Waals surface area contributed by atoms with Crippen LogP contribution in [0.2, 0.25) is 0 Å². The van der Waals surface area contributed by atoms with Crippen molar-refractivity contribution in [1.29, 1.82) is 5.26 Å². The zero-order valence-corrected chi connectivity index (χ0v) is 11.3. The molecule has 1 heterocycles. The topological polar surface area (TPSA) is 95.6 Å². The molecule has 4 saturated carbocycles. The number of nitriles is 1. The molecule has 4 aliphatic carbocycles. The quantitative estimate of drug-likeness (QED) is 0.812. The van der Waals surface area contributed by atoms with Crippen molar-refractivity contribution >= 4 is 5.82 Å². The molecular formula is C15H18N4O. The summed E-state index contributed by atoms with van der Waals surface area (Å²) in [7, 11) is 0. The average molecular weight is 270 g/mol. The monoisotopic (exact) mass is 270 g/mol. The number of aromatic amines is 1. The van der Waals surface area contributed by atoms with E-state index in [0.717, 1.165) is 17.5 Å². The van der Waals surface area contributed by atoms with Crippen LogP contribution in [0.4, 0.5) is 5.82 Å². The van der Waals surface area contributed by atoms with Crippen LogP contribution >= 0.6 is 0 Å². The number of nitrogens with two attached hydrogens (primary N) is 1. The zero-order valence-electron chi connectivity index (χ0n) is 11.3. The van der Waals surface area contributed by atoms with Gasteiger partial charge >= 0.3 is 5.69 Å². The molecule has 4 bridgehead atoms. The maximum Gasteiger partial charge on any atom is 0.347 e. The third-order valence-electron chi connectivity index (χ3n) is 5.66. The molecule has 0 saturated heterocycles. The molecule has 0 aromatic carbocycles. The minimum atomic E-state index is -0.426. The lowest BCUT2D eigenvalue weighted by atomic mass is 9.51. The average Bonchev–Trinajstić information content (AvgIpc) is 2.36. The van der Waals surface area contributed by atoms with Crippen LogP contribution in [0.15, 0.2) is 4.79 Å². The van der Waals surface area contributed by atoms with Crippen LogP contribution in [-0.2, 0) is 0 Å². The highest BCUT2D eigenvalue weighted by molar-refractivity contribution is 5.51. The largest absolute Gasteiger partial charge is 0.382 e. The van der Waals surface area contributed by atoms with Crippen molar-refractivity contribution in [3.8, 4) is 6.07 Å². The lowest BCUT2D eigenvalue weighted by Crippen LogP contribution is -2.44. The molecule has 5 heteroatoms. The van der Waals surface area contributed by atoms with Gasteiger partial charge in [0.25, 0.3) is 0 Å². The standard InChI is InChI=1S/C15H18N4O/c16-6-11-13(18-15(20)19-14(11)17)12-9-2-7-1-8(4-9)5-10(12)3-7/h7-10,12H,1-5H2,(H3,17,18,19,20). The SMILES string of the molecule is N#Cc1c(N)nc(=O)[nH]c1C1C2CC3CC(C2)CC1C3. The number of nitrogen functional groups attached to an aromatic ring is 1. The molecule has 0 radical (unpaired) electrons. The summed E-state index contributed by atoms with van der Waals surface area (Å²) in [5.74, 6) is 3.33. The summed E-state index contributed by atoms with van der Waals surface area (Å²) in [6, 6.07) is 2.14. The van der Waals surface area contributed by atoms with E-state index in [1.807, 2.05) is 0 Å². The van der Waals surface area contributed by atoms with Crippen molar-refractivity contribution in [2.45, 2.75) is 38.0 Å². The van der Waals surface area contributed by atoms with Crippen molar-refractivity contribution in [2.75, 3.05) is 5.73 Å². The summed E-state index contributed by atoms with van der Waals surface area (Å²) in [6.45, 7) is 0. The smallest absolute Gasteiger partial charge is 0.347 e. The van der Waals surface area contributed by atoms with Crippen LogP contribution in [0, 0.1) is 35.0 Å². The fraction of sp³-hybridized carbons (Fsp3) is 0.667. The molecule has 4 fully saturated rings. The predicted molar refractivity (Wildman–Crippen MR) is 73.8 cm³/mol. The van der Waals surface area contributed by atoms with Crippen LogP contribution in [0.5, 0.6) is 0 Å². The Hall–Kier alpha value is -1.83. The van der Waals surface area contributed by atoms with E-state index in [4.69, 9.17) is 5.73 Å². The number of nitrogens with zero attached hydrogens (tertiary/aromatic N) is 2. The second kappa shape index (κ2) is 4.08. The first kappa shape index (κ1) is 12.0. The molecule has 0 aliphatic heterocycles. The van der Waals surface area contributed by atoms with Crippen LogP contribution in [-0.4, -0.2) is 9.97 Å². The van der Waals surface area contributed by atoms with Crippen LogP contribution in [0.25, 0.3) is 0 Å². The van der Waals surface area contributed by atoms with E-state index >= 15 is 0 Å². The van der Waals surface area contributed by atoms with Gasteiger partial charge in [0.15, 0.2) is 0 Å². The second-order valence-electron chi connectivity index (χ2n) is 6.78. The Morgan fingerprint density at radius 1 is 1.15 bits per heavy atom. The maximum atomic E-state index is 11.7. The molecule has 20 heavy (non-hydrogen) atoms. The van der Waals surface area contributed by atoms with Gasteiger partial charge in [-0.15, -0.1) is 0 Å². The van der Waals surface area contributed by atoms with E-state index < -0.39 is 5.69 Å². The number of hydrogen-bond donors (Lipinski definition) is 2. The van der Waals surface area contributed by atoms with Crippen molar-refractivity contribution in [1.82, 2.24) is 9.97 Å². The third-order valence-corrected chi connectivity index (χ3v) is 5.66. The number of H-pyrrole nitrogens is 1.